The van der Waals surface area contributed by atoms with E-state index in [-0.39, 0.29) is 29.5 Å². The number of ether oxygens (including phenoxy) is 1. The van der Waals surface area contributed by atoms with E-state index in [0.29, 0.717) is 11.0 Å². The topological polar surface area (TPSA) is 124 Å². The molecule has 1 unspecified atom stereocenters. The van der Waals surface area contributed by atoms with Crippen LogP contribution in [0.1, 0.15) is 42.4 Å². The van der Waals surface area contributed by atoms with E-state index >= 15 is 0 Å². The Morgan fingerprint density at radius 1 is 1.10 bits per heavy atom. The van der Waals surface area contributed by atoms with Crippen molar-refractivity contribution in [3.63, 3.8) is 0 Å². The highest BCUT2D eigenvalue weighted by atomic mass is 16.6. The van der Waals surface area contributed by atoms with E-state index in [1.165, 1.54) is 24.4 Å². The lowest BCUT2D eigenvalue weighted by molar-refractivity contribution is -0.385. The van der Waals surface area contributed by atoms with Crippen LogP contribution in [0.5, 0.6) is 0 Å². The van der Waals surface area contributed by atoms with Crippen LogP contribution in [-0.4, -0.2) is 32.9 Å². The highest BCUT2D eigenvalue weighted by Gasteiger charge is 2.27. The molecule has 2 aromatic carbocycles. The highest BCUT2D eigenvalue weighted by Crippen LogP contribution is 2.28. The summed E-state index contributed by atoms with van der Waals surface area (Å²) in [5.41, 5.74) is 1.20. The lowest BCUT2D eigenvalue weighted by Crippen LogP contribution is -2.32. The molecule has 154 valence electrons. The number of nitro benzene ring substituents is 1. The fourth-order valence-corrected chi connectivity index (χ4v) is 2.96. The average Bonchev–Trinajstić information content (AvgIpc) is 2.72. The maximum absolute atomic E-state index is 12.8. The third-order valence-corrected chi connectivity index (χ3v) is 4.23. The Hall–Kier alpha value is -3.88. The molecule has 0 aliphatic carbocycles. The molecule has 1 N–H and O–H groups in total. The van der Waals surface area contributed by atoms with Gasteiger partial charge in [0.1, 0.15) is 5.69 Å². The number of fused-ring (bicyclic) bond motifs is 1. The third-order valence-electron chi connectivity index (χ3n) is 4.23. The Morgan fingerprint density at radius 2 is 1.77 bits per heavy atom. The fraction of sp³-hybridized carbons (Fsp3) is 0.238. The van der Waals surface area contributed by atoms with Crippen LogP contribution in [0.4, 0.5) is 5.69 Å². The van der Waals surface area contributed by atoms with Crippen molar-refractivity contribution < 1.29 is 19.2 Å². The number of carbonyl (C=O) groups is 2. The number of esters is 1. The van der Waals surface area contributed by atoms with Crippen molar-refractivity contribution in [2.24, 2.45) is 0 Å². The predicted molar refractivity (Wildman–Crippen MR) is 109 cm³/mol. The van der Waals surface area contributed by atoms with Gasteiger partial charge in [-0.3, -0.25) is 24.7 Å². The van der Waals surface area contributed by atoms with Crippen LogP contribution in [0.2, 0.25) is 0 Å². The molecule has 9 nitrogen and oxygen atoms in total. The number of nitrogens with one attached hydrogen (secondary N) is 1. The van der Waals surface area contributed by atoms with Crippen molar-refractivity contribution >= 4 is 28.6 Å². The lowest BCUT2D eigenvalue weighted by atomic mass is 10.0. The molecule has 0 radical (unpaired) electrons. The smallest absolute Gasteiger partial charge is 0.308 e. The molecule has 1 atom stereocenters. The molecule has 0 saturated carbocycles. The van der Waals surface area contributed by atoms with Gasteiger partial charge in [0.05, 0.1) is 46.3 Å². The van der Waals surface area contributed by atoms with Gasteiger partial charge in [0, 0.05) is 6.07 Å². The Bertz CT molecular complexity index is 1100. The SMILES string of the molecule is CC(C)OC(=O)CC(NC(=O)c1cnc2ccccc2n1)c1ccccc1[N+](=O)[O-]. The number of para-hydroxylation sites is 3. The molecular formula is C21H20N4O5. The number of amides is 1. The number of hydrogen-bond donors (Lipinski definition) is 1. The number of aromatic nitrogens is 2. The quantitative estimate of drug-likeness (QED) is 0.361. The first-order chi connectivity index (χ1) is 14.3. The number of rotatable bonds is 7. The van der Waals surface area contributed by atoms with E-state index in [2.05, 4.69) is 15.3 Å². The zero-order valence-corrected chi connectivity index (χ0v) is 16.4. The number of benzene rings is 2. The standard InChI is InChI=1S/C21H20N4O5/c1-13(2)30-20(26)11-17(14-7-3-6-10-19(14)25(28)29)24-21(27)18-12-22-15-8-4-5-9-16(15)23-18/h3-10,12-13,17H,11H2,1-2H3,(H,24,27). The Morgan fingerprint density at radius 3 is 2.47 bits per heavy atom. The van der Waals surface area contributed by atoms with Gasteiger partial charge in [-0.05, 0) is 26.0 Å². The number of nitrogens with zero attached hydrogens (tertiary/aromatic N) is 3. The Kier molecular flexibility index (Phi) is 6.31. The normalized spacial score (nSPS) is 11.8. The van der Waals surface area contributed by atoms with E-state index in [9.17, 15) is 19.7 Å². The predicted octanol–water partition coefficient (Wildman–Crippen LogP) is 3.35. The molecule has 0 aliphatic rings. The average molecular weight is 408 g/mol. The monoisotopic (exact) mass is 408 g/mol. The van der Waals surface area contributed by atoms with Crippen molar-refractivity contribution in [3.8, 4) is 0 Å². The number of hydrogen-bond acceptors (Lipinski definition) is 7. The van der Waals surface area contributed by atoms with Crippen LogP contribution < -0.4 is 5.32 Å². The Labute approximate surface area is 172 Å². The maximum atomic E-state index is 12.8. The first-order valence-corrected chi connectivity index (χ1v) is 9.30. The molecule has 30 heavy (non-hydrogen) atoms. The summed E-state index contributed by atoms with van der Waals surface area (Å²) < 4.78 is 5.16. The summed E-state index contributed by atoms with van der Waals surface area (Å²) in [4.78, 5) is 44.4. The Balaban J connectivity index is 1.92. The molecule has 1 aromatic heterocycles. The van der Waals surface area contributed by atoms with Crippen LogP contribution in [0.3, 0.4) is 0 Å². The molecule has 0 saturated heterocycles. The first kappa shape index (κ1) is 20.8. The molecule has 0 spiro atoms. The van der Waals surface area contributed by atoms with Crippen LogP contribution in [-0.2, 0) is 9.53 Å². The lowest BCUT2D eigenvalue weighted by Gasteiger charge is -2.19. The molecule has 1 heterocycles. The summed E-state index contributed by atoms with van der Waals surface area (Å²) in [5, 5.41) is 14.1. The molecule has 0 aliphatic heterocycles. The minimum atomic E-state index is -0.973. The third kappa shape index (κ3) is 4.93. The summed E-state index contributed by atoms with van der Waals surface area (Å²) >= 11 is 0. The zero-order valence-electron chi connectivity index (χ0n) is 16.4. The molecule has 1 amide bonds. The van der Waals surface area contributed by atoms with Gasteiger partial charge in [-0.15, -0.1) is 0 Å². The van der Waals surface area contributed by atoms with Gasteiger partial charge in [-0.25, -0.2) is 4.98 Å². The minimum Gasteiger partial charge on any atom is -0.463 e. The van der Waals surface area contributed by atoms with E-state index in [1.54, 1.807) is 38.1 Å². The molecule has 0 bridgehead atoms. The highest BCUT2D eigenvalue weighted by molar-refractivity contribution is 5.94. The van der Waals surface area contributed by atoms with E-state index in [4.69, 9.17) is 4.74 Å². The minimum absolute atomic E-state index is 0.0366. The molecule has 3 rings (SSSR count). The van der Waals surface area contributed by atoms with Crippen molar-refractivity contribution in [2.75, 3.05) is 0 Å². The van der Waals surface area contributed by atoms with Crippen LogP contribution >= 0.6 is 0 Å². The van der Waals surface area contributed by atoms with Gasteiger partial charge >= 0.3 is 5.97 Å². The zero-order chi connectivity index (χ0) is 21.7. The molecule has 3 aromatic rings. The maximum Gasteiger partial charge on any atom is 0.308 e. The van der Waals surface area contributed by atoms with Crippen molar-refractivity contribution in [2.45, 2.75) is 32.4 Å². The first-order valence-electron chi connectivity index (χ1n) is 9.30. The van der Waals surface area contributed by atoms with Crippen molar-refractivity contribution in [1.82, 2.24) is 15.3 Å². The van der Waals surface area contributed by atoms with Gasteiger partial charge in [0.15, 0.2) is 0 Å². The number of nitro groups is 1. The van der Waals surface area contributed by atoms with Crippen molar-refractivity contribution in [3.05, 3.63) is 76.1 Å². The molecule has 9 heteroatoms. The van der Waals surface area contributed by atoms with Crippen LogP contribution in [0.15, 0.2) is 54.7 Å². The second-order valence-corrected chi connectivity index (χ2v) is 6.83. The van der Waals surface area contributed by atoms with Crippen molar-refractivity contribution in [1.29, 1.82) is 0 Å². The number of carbonyl (C=O) groups excluding carboxylic acids is 2. The molecular weight excluding hydrogens is 388 g/mol. The van der Waals surface area contributed by atoms with E-state index < -0.39 is 22.8 Å². The van der Waals surface area contributed by atoms with E-state index in [0.717, 1.165) is 0 Å². The summed E-state index contributed by atoms with van der Waals surface area (Å²) in [7, 11) is 0. The van der Waals surface area contributed by atoms with Gasteiger partial charge in [0.2, 0.25) is 0 Å². The summed E-state index contributed by atoms with van der Waals surface area (Å²) in [5.74, 6) is -1.19. The van der Waals surface area contributed by atoms with Gasteiger partial charge in [-0.1, -0.05) is 30.3 Å². The second kappa shape index (κ2) is 9.08. The van der Waals surface area contributed by atoms with Crippen LogP contribution in [0, 0.1) is 10.1 Å². The molecule has 0 fully saturated rings. The summed E-state index contributed by atoms with van der Waals surface area (Å²) in [6, 6.07) is 12.0. The van der Waals surface area contributed by atoms with Gasteiger partial charge < -0.3 is 10.1 Å². The van der Waals surface area contributed by atoms with Gasteiger partial charge in [0.25, 0.3) is 11.6 Å². The second-order valence-electron chi connectivity index (χ2n) is 6.83. The summed E-state index contributed by atoms with van der Waals surface area (Å²) in [6.07, 6.45) is 0.696. The fourth-order valence-electron chi connectivity index (χ4n) is 2.96. The van der Waals surface area contributed by atoms with Crippen LogP contribution in [0.25, 0.3) is 11.0 Å². The summed E-state index contributed by atoms with van der Waals surface area (Å²) in [6.45, 7) is 3.39. The largest absolute Gasteiger partial charge is 0.463 e. The van der Waals surface area contributed by atoms with Gasteiger partial charge in [-0.2, -0.15) is 0 Å². The van der Waals surface area contributed by atoms with E-state index in [1.807, 2.05) is 6.07 Å².